The highest BCUT2D eigenvalue weighted by atomic mass is 35.5. The largest absolute Gasteiger partial charge is 0.334 e. The Bertz CT molecular complexity index is 1190. The highest BCUT2D eigenvalue weighted by Gasteiger charge is 2.41. The van der Waals surface area contributed by atoms with Crippen LogP contribution >= 0.6 is 11.6 Å². The van der Waals surface area contributed by atoms with Gasteiger partial charge in [-0.05, 0) is 49.2 Å². The first-order valence-electron chi connectivity index (χ1n) is 10.9. The first-order valence-corrected chi connectivity index (χ1v) is 11.2. The van der Waals surface area contributed by atoms with Gasteiger partial charge >= 0.3 is 0 Å². The molecule has 1 saturated heterocycles. The number of rotatable bonds is 5. The molecule has 0 saturated carbocycles. The topological polar surface area (TPSA) is 71.3 Å². The third-order valence-corrected chi connectivity index (χ3v) is 6.29. The Kier molecular flexibility index (Phi) is 6.33. The summed E-state index contributed by atoms with van der Waals surface area (Å²) < 4.78 is 1.52. The fourth-order valence-corrected chi connectivity index (χ4v) is 4.18. The van der Waals surface area contributed by atoms with Gasteiger partial charge in [0.15, 0.2) is 0 Å². The van der Waals surface area contributed by atoms with E-state index in [2.05, 4.69) is 23.6 Å². The molecule has 1 unspecified atom stereocenters. The number of aryl methyl sites for hydroxylation is 1. The number of aromatic nitrogens is 3. The molecule has 33 heavy (non-hydrogen) atoms. The van der Waals surface area contributed by atoms with E-state index in [0.29, 0.717) is 35.9 Å². The molecule has 0 bridgehead atoms. The molecule has 8 heteroatoms. The monoisotopic (exact) mass is 463 g/mol. The van der Waals surface area contributed by atoms with Crippen molar-refractivity contribution in [2.75, 3.05) is 19.6 Å². The molecule has 2 aromatic carbocycles. The fourth-order valence-electron chi connectivity index (χ4n) is 4.00. The average molecular weight is 464 g/mol. The number of amides is 2. The van der Waals surface area contributed by atoms with Crippen molar-refractivity contribution < 1.29 is 9.59 Å². The minimum absolute atomic E-state index is 0.0545. The average Bonchev–Trinajstić information content (AvgIpc) is 3.34. The Balaban J connectivity index is 1.52. The molecular formula is C25H26ClN5O2. The molecule has 2 amide bonds. The maximum Gasteiger partial charge on any atom is 0.294 e. The van der Waals surface area contributed by atoms with Crippen molar-refractivity contribution >= 4 is 23.4 Å². The van der Waals surface area contributed by atoms with Crippen LogP contribution < -0.4 is 0 Å². The van der Waals surface area contributed by atoms with Gasteiger partial charge in [0, 0.05) is 30.2 Å². The molecule has 1 atom stereocenters. The Morgan fingerprint density at radius 3 is 2.58 bits per heavy atom. The second-order valence-corrected chi connectivity index (χ2v) is 8.72. The lowest BCUT2D eigenvalue weighted by molar-refractivity contribution is 0.0244. The third kappa shape index (κ3) is 4.54. The number of nitrogens with zero attached hydrogens (tertiary/aromatic N) is 5. The Morgan fingerprint density at radius 2 is 1.91 bits per heavy atom. The predicted molar refractivity (Wildman–Crippen MR) is 128 cm³/mol. The Morgan fingerprint density at radius 1 is 1.15 bits per heavy atom. The molecule has 4 rings (SSSR count). The summed E-state index contributed by atoms with van der Waals surface area (Å²) in [5, 5.41) is 4.93. The van der Waals surface area contributed by atoms with Gasteiger partial charge in [-0.15, -0.1) is 11.7 Å². The minimum Gasteiger partial charge on any atom is -0.334 e. The zero-order valence-electron chi connectivity index (χ0n) is 18.7. The number of hydrogen-bond donors (Lipinski definition) is 0. The van der Waals surface area contributed by atoms with Crippen molar-refractivity contribution in [3.8, 4) is 5.69 Å². The highest BCUT2D eigenvalue weighted by Crippen LogP contribution is 2.26. The van der Waals surface area contributed by atoms with E-state index in [1.807, 2.05) is 43.3 Å². The van der Waals surface area contributed by atoms with Gasteiger partial charge in [-0.3, -0.25) is 9.59 Å². The fraction of sp³-hybridized carbons (Fsp3) is 0.280. The van der Waals surface area contributed by atoms with Gasteiger partial charge in [-0.1, -0.05) is 42.8 Å². The molecule has 1 aliphatic heterocycles. The van der Waals surface area contributed by atoms with E-state index in [-0.39, 0.29) is 17.6 Å². The molecule has 7 nitrogen and oxygen atoms in total. The molecule has 1 aromatic heterocycles. The lowest BCUT2D eigenvalue weighted by Gasteiger charge is -2.47. The molecular weight excluding hydrogens is 438 g/mol. The zero-order chi connectivity index (χ0) is 23.6. The van der Waals surface area contributed by atoms with Crippen molar-refractivity contribution in [1.82, 2.24) is 24.6 Å². The summed E-state index contributed by atoms with van der Waals surface area (Å²) in [5.41, 5.74) is 1.78. The summed E-state index contributed by atoms with van der Waals surface area (Å²) >= 11 is 6.06. The number of carbonyl (C=O) groups is 2. The van der Waals surface area contributed by atoms with Crippen LogP contribution in [-0.4, -0.2) is 61.6 Å². The van der Waals surface area contributed by atoms with Gasteiger partial charge < -0.3 is 9.80 Å². The van der Waals surface area contributed by atoms with Crippen LogP contribution in [0.15, 0.2) is 67.5 Å². The quantitative estimate of drug-likeness (QED) is 0.536. The van der Waals surface area contributed by atoms with E-state index in [1.165, 1.54) is 16.6 Å². The molecule has 0 spiro atoms. The second-order valence-electron chi connectivity index (χ2n) is 8.29. The molecule has 0 N–H and O–H groups in total. The summed E-state index contributed by atoms with van der Waals surface area (Å²) in [4.78, 5) is 34.1. The van der Waals surface area contributed by atoms with E-state index in [0.717, 1.165) is 6.42 Å². The van der Waals surface area contributed by atoms with Crippen LogP contribution in [0.25, 0.3) is 5.69 Å². The van der Waals surface area contributed by atoms with Crippen LogP contribution in [0.4, 0.5) is 0 Å². The van der Waals surface area contributed by atoms with Gasteiger partial charge in [-0.2, -0.15) is 0 Å². The third-order valence-electron chi connectivity index (χ3n) is 6.06. The minimum atomic E-state index is -0.754. The van der Waals surface area contributed by atoms with Gasteiger partial charge in [0.2, 0.25) is 5.82 Å². The van der Waals surface area contributed by atoms with Gasteiger partial charge in [0.05, 0.1) is 11.2 Å². The van der Waals surface area contributed by atoms with Crippen molar-refractivity contribution in [2.45, 2.75) is 25.8 Å². The molecule has 170 valence electrons. The molecule has 2 heterocycles. The van der Waals surface area contributed by atoms with E-state index < -0.39 is 5.54 Å². The van der Waals surface area contributed by atoms with Crippen LogP contribution in [-0.2, 0) is 6.42 Å². The van der Waals surface area contributed by atoms with Crippen molar-refractivity contribution in [3.63, 3.8) is 0 Å². The first-order chi connectivity index (χ1) is 15.8. The smallest absolute Gasteiger partial charge is 0.294 e. The van der Waals surface area contributed by atoms with Crippen molar-refractivity contribution in [1.29, 1.82) is 0 Å². The number of benzene rings is 2. The predicted octanol–water partition coefficient (Wildman–Crippen LogP) is 4.03. The molecule has 1 aliphatic rings. The van der Waals surface area contributed by atoms with E-state index in [1.54, 1.807) is 28.0 Å². The van der Waals surface area contributed by atoms with Crippen LogP contribution in [0.2, 0.25) is 5.02 Å². The molecule has 0 aliphatic carbocycles. The summed E-state index contributed by atoms with van der Waals surface area (Å²) in [7, 11) is 0. The van der Waals surface area contributed by atoms with Crippen LogP contribution in [0.1, 0.15) is 40.4 Å². The summed E-state index contributed by atoms with van der Waals surface area (Å²) in [6.07, 6.45) is 4.12. The number of halogens is 1. The summed E-state index contributed by atoms with van der Waals surface area (Å²) in [6.45, 7) is 9.02. The standard InChI is InChI=1S/C25H26ClN5O2/c1-4-18-9-11-19(12-10-18)23(32)29-13-14-30(25(3,5-2)16-29)24(33)22-27-17-31(28-22)21-8-6-7-20(26)15-21/h5-12,15,17H,2,4,13-14,16H2,1,3H3. The first kappa shape index (κ1) is 22.7. The normalized spacial score (nSPS) is 18.3. The molecule has 1 fully saturated rings. The second kappa shape index (κ2) is 9.19. The highest BCUT2D eigenvalue weighted by molar-refractivity contribution is 6.30. The maximum absolute atomic E-state index is 13.3. The maximum atomic E-state index is 13.3. The van der Waals surface area contributed by atoms with Gasteiger partial charge in [0.25, 0.3) is 11.8 Å². The van der Waals surface area contributed by atoms with E-state index in [4.69, 9.17) is 11.6 Å². The van der Waals surface area contributed by atoms with Crippen LogP contribution in [0, 0.1) is 0 Å². The van der Waals surface area contributed by atoms with Crippen molar-refractivity contribution in [2.24, 2.45) is 0 Å². The van der Waals surface area contributed by atoms with E-state index in [9.17, 15) is 9.59 Å². The molecule has 0 radical (unpaired) electrons. The van der Waals surface area contributed by atoms with E-state index >= 15 is 0 Å². The summed E-state index contributed by atoms with van der Waals surface area (Å²) in [5.74, 6) is -0.281. The number of piperazine rings is 1. The molecule has 3 aromatic rings. The van der Waals surface area contributed by atoms with Gasteiger partial charge in [0.1, 0.15) is 6.33 Å². The number of hydrogen-bond acceptors (Lipinski definition) is 4. The summed E-state index contributed by atoms with van der Waals surface area (Å²) in [6, 6.07) is 14.8. The van der Waals surface area contributed by atoms with Gasteiger partial charge in [-0.25, -0.2) is 9.67 Å². The number of carbonyl (C=O) groups excluding carboxylic acids is 2. The SMILES string of the molecule is C=CC1(C)CN(C(=O)c2ccc(CC)cc2)CCN1C(=O)c1ncn(-c2cccc(Cl)c2)n1. The zero-order valence-corrected chi connectivity index (χ0v) is 19.5. The van der Waals surface area contributed by atoms with Crippen molar-refractivity contribution in [3.05, 3.63) is 89.5 Å². The lowest BCUT2D eigenvalue weighted by Crippen LogP contribution is -2.62. The van der Waals surface area contributed by atoms with Crippen LogP contribution in [0.3, 0.4) is 0 Å². The lowest BCUT2D eigenvalue weighted by atomic mass is 9.95. The Labute approximate surface area is 198 Å². The van der Waals surface area contributed by atoms with Crippen LogP contribution in [0.5, 0.6) is 0 Å². The Hall–Kier alpha value is -3.45.